The zero-order valence-electron chi connectivity index (χ0n) is 3.57. The van der Waals surface area contributed by atoms with Gasteiger partial charge < -0.3 is 0 Å². The summed E-state index contributed by atoms with van der Waals surface area (Å²) in [5.41, 5.74) is 0. The van der Waals surface area contributed by atoms with Crippen LogP contribution >= 0.6 is 0 Å². The summed E-state index contributed by atoms with van der Waals surface area (Å²) in [4.78, 5) is 0. The summed E-state index contributed by atoms with van der Waals surface area (Å²) < 4.78 is 0. The number of rotatable bonds is 1. The fourth-order valence-electron chi connectivity index (χ4n) is 0.167. The van der Waals surface area contributed by atoms with Gasteiger partial charge in [0.2, 0.25) is 0 Å². The molecule has 1 radical (unpaired) electrons. The van der Waals surface area contributed by atoms with Crippen molar-refractivity contribution in [1.29, 1.82) is 0 Å². The minimum absolute atomic E-state index is 0. The Labute approximate surface area is 51.8 Å². The topological polar surface area (TPSA) is 0 Å². The van der Waals surface area contributed by atoms with Crippen molar-refractivity contribution in [2.75, 3.05) is 0 Å². The van der Waals surface area contributed by atoms with Crippen LogP contribution in [0.3, 0.4) is 0 Å². The van der Waals surface area contributed by atoms with E-state index in [0.717, 1.165) is 6.42 Å². The first-order valence-corrected chi connectivity index (χ1v) is 1.86. The van der Waals surface area contributed by atoms with Gasteiger partial charge in [-0.2, -0.15) is 0 Å². The molecule has 0 aromatic rings. The van der Waals surface area contributed by atoms with Crippen molar-refractivity contribution in [3.63, 3.8) is 0 Å². The van der Waals surface area contributed by atoms with Gasteiger partial charge in [-0.15, -0.1) is 0 Å². The molecule has 0 rings (SSSR count). The summed E-state index contributed by atoms with van der Waals surface area (Å²) in [6, 6.07) is 0. The van der Waals surface area contributed by atoms with Crippen LogP contribution in [0.25, 0.3) is 0 Å². The zero-order chi connectivity index (χ0) is 4.12. The molecule has 0 aliphatic rings. The Morgan fingerprint density at radius 2 is 2.17 bits per heavy atom. The summed E-state index contributed by atoms with van der Waals surface area (Å²) in [5.74, 6) is 0. The van der Waals surface area contributed by atoms with Gasteiger partial charge in [0.1, 0.15) is 0 Å². The van der Waals surface area contributed by atoms with Gasteiger partial charge in [-0.3, -0.25) is 0 Å². The van der Waals surface area contributed by atoms with Crippen molar-refractivity contribution < 1.29 is 0 Å². The molecule has 0 aromatic heterocycles. The Hall–Kier alpha value is 0.337. The van der Waals surface area contributed by atoms with Crippen LogP contribution in [-0.2, 0) is 0 Å². The van der Waals surface area contributed by atoms with Crippen molar-refractivity contribution in [3.8, 4) is 0 Å². The van der Waals surface area contributed by atoms with Gasteiger partial charge in [0.15, 0.2) is 0 Å². The summed E-state index contributed by atoms with van der Waals surface area (Å²) in [6.07, 6.45) is 4.92. The molecule has 0 aliphatic carbocycles. The molecule has 0 spiro atoms. The number of allylic oxidation sites excluding steroid dienone is 2. The normalized spacial score (nSPS) is 8.33. The van der Waals surface area contributed by atoms with Gasteiger partial charge in [-0.25, -0.2) is 0 Å². The van der Waals surface area contributed by atoms with Crippen LogP contribution in [0, 0.1) is 6.92 Å². The quantitative estimate of drug-likeness (QED) is 0.412. The minimum atomic E-state index is 0. The summed E-state index contributed by atoms with van der Waals surface area (Å²) in [5, 5.41) is 0. The van der Waals surface area contributed by atoms with E-state index >= 15 is 0 Å². The van der Waals surface area contributed by atoms with Gasteiger partial charge in [0, 0.05) is 0 Å². The number of hydrogen-bond acceptors (Lipinski definition) is 0. The third kappa shape index (κ3) is 8.84. The van der Waals surface area contributed by atoms with Crippen LogP contribution < -0.4 is 0 Å². The van der Waals surface area contributed by atoms with Crippen molar-refractivity contribution in [2.45, 2.75) is 13.3 Å². The van der Waals surface area contributed by atoms with Gasteiger partial charge in [0.05, 0.1) is 0 Å². The van der Waals surface area contributed by atoms with Crippen LogP contribution in [0.1, 0.15) is 13.3 Å². The summed E-state index contributed by atoms with van der Waals surface area (Å²) in [7, 11) is 0. The molecule has 6 heavy (non-hydrogen) atoms. The van der Waals surface area contributed by atoms with Crippen molar-refractivity contribution >= 4 is 18.9 Å². The summed E-state index contributed by atoms with van der Waals surface area (Å²) in [6.45, 7) is 5.58. The Bertz CT molecular complexity index is 30.9. The van der Waals surface area contributed by atoms with E-state index in [-0.39, 0.29) is 18.9 Å². The standard InChI is InChI=1S/C5H9.Li.H/c1-3-5-4-2;;/h3,5H,1,4H2,2H3;;. The van der Waals surface area contributed by atoms with Crippen LogP contribution in [0.4, 0.5) is 0 Å². The molecule has 0 saturated carbocycles. The van der Waals surface area contributed by atoms with E-state index in [2.05, 4.69) is 13.8 Å². The van der Waals surface area contributed by atoms with Gasteiger partial charge in [0.25, 0.3) is 0 Å². The SMILES string of the molecule is [CH2]C=CCC.[LiH]. The number of hydrogen-bond donors (Lipinski definition) is 0. The fraction of sp³-hybridized carbons (Fsp3) is 0.400. The van der Waals surface area contributed by atoms with E-state index in [0.29, 0.717) is 0 Å². The maximum absolute atomic E-state index is 3.49. The fourth-order valence-corrected chi connectivity index (χ4v) is 0.167. The zero-order valence-corrected chi connectivity index (χ0v) is 3.57. The molecule has 0 atom stereocenters. The Kier molecular flexibility index (Phi) is 14.4. The van der Waals surface area contributed by atoms with Crippen molar-refractivity contribution in [1.82, 2.24) is 0 Å². The molecule has 0 aromatic carbocycles. The Morgan fingerprint density at radius 3 is 2.17 bits per heavy atom. The monoisotopic (exact) mass is 77.1 g/mol. The van der Waals surface area contributed by atoms with Crippen LogP contribution in [0.15, 0.2) is 12.2 Å². The first-order valence-electron chi connectivity index (χ1n) is 1.86. The molecule has 0 nitrogen and oxygen atoms in total. The third-order valence-electron chi connectivity index (χ3n) is 0.402. The van der Waals surface area contributed by atoms with E-state index < -0.39 is 0 Å². The second-order valence-corrected chi connectivity index (χ2v) is 0.880. The van der Waals surface area contributed by atoms with E-state index in [4.69, 9.17) is 0 Å². The molecule has 1 heteroatoms. The second kappa shape index (κ2) is 9.02. The molecule has 0 N–H and O–H groups in total. The van der Waals surface area contributed by atoms with E-state index in [1.807, 2.05) is 6.08 Å². The second-order valence-electron chi connectivity index (χ2n) is 0.880. The summed E-state index contributed by atoms with van der Waals surface area (Å²) >= 11 is 0. The van der Waals surface area contributed by atoms with E-state index in [1.165, 1.54) is 0 Å². The van der Waals surface area contributed by atoms with Crippen LogP contribution in [0.2, 0.25) is 0 Å². The van der Waals surface area contributed by atoms with Gasteiger partial charge >= 0.3 is 18.9 Å². The molecule has 0 unspecified atom stereocenters. The van der Waals surface area contributed by atoms with Gasteiger partial charge in [-0.05, 0) is 13.3 Å². The predicted octanol–water partition coefficient (Wildman–Crippen LogP) is 1.14. The van der Waals surface area contributed by atoms with Gasteiger partial charge in [-0.1, -0.05) is 19.1 Å². The predicted molar refractivity (Wildman–Crippen MR) is 31.9 cm³/mol. The third-order valence-corrected chi connectivity index (χ3v) is 0.402. The van der Waals surface area contributed by atoms with Crippen molar-refractivity contribution in [3.05, 3.63) is 19.1 Å². The molecule has 0 amide bonds. The molecular formula is C5H10Li. The average molecular weight is 77.1 g/mol. The molecule has 0 aliphatic heterocycles. The molecule has 0 bridgehead atoms. The molecular weight excluding hydrogens is 67.0 g/mol. The first kappa shape index (κ1) is 9.60. The van der Waals surface area contributed by atoms with Crippen LogP contribution in [-0.4, -0.2) is 18.9 Å². The Balaban J connectivity index is 0. The van der Waals surface area contributed by atoms with Crippen LogP contribution in [0.5, 0.6) is 0 Å². The van der Waals surface area contributed by atoms with E-state index in [1.54, 1.807) is 6.08 Å². The average Bonchev–Trinajstić information content (AvgIpc) is 1.41. The molecule has 0 heterocycles. The maximum atomic E-state index is 3.49. The van der Waals surface area contributed by atoms with Crippen molar-refractivity contribution in [2.24, 2.45) is 0 Å². The van der Waals surface area contributed by atoms with E-state index in [9.17, 15) is 0 Å². The Morgan fingerprint density at radius 1 is 1.67 bits per heavy atom. The molecule has 0 fully saturated rings. The molecule has 0 saturated heterocycles. The first-order chi connectivity index (χ1) is 2.41. The molecule has 31 valence electrons.